The fourth-order valence-electron chi connectivity index (χ4n) is 4.86. The Labute approximate surface area is 178 Å². The Kier molecular flexibility index (Phi) is 6.42. The van der Waals surface area contributed by atoms with Crippen LogP contribution in [0.3, 0.4) is 0 Å². The van der Waals surface area contributed by atoms with Gasteiger partial charge in [-0.1, -0.05) is 30.5 Å². The molecule has 2 aromatic rings. The van der Waals surface area contributed by atoms with Crippen molar-refractivity contribution >= 4 is 5.91 Å². The van der Waals surface area contributed by atoms with E-state index < -0.39 is 0 Å². The maximum absolute atomic E-state index is 13.0. The first-order valence-corrected chi connectivity index (χ1v) is 11.0. The molecule has 6 heteroatoms. The van der Waals surface area contributed by atoms with Gasteiger partial charge in [-0.05, 0) is 50.3 Å². The topological polar surface area (TPSA) is 64.8 Å². The Balaban J connectivity index is 1.52. The van der Waals surface area contributed by atoms with Gasteiger partial charge in [0.25, 0.3) is 0 Å². The molecule has 1 amide bonds. The predicted octanol–water partition coefficient (Wildman–Crippen LogP) is 4.52. The van der Waals surface area contributed by atoms with Crippen LogP contribution in [0.4, 0.5) is 0 Å². The molecule has 4 rings (SSSR count). The van der Waals surface area contributed by atoms with Crippen molar-refractivity contribution in [1.82, 2.24) is 10.1 Å². The lowest BCUT2D eigenvalue weighted by molar-refractivity contribution is -0.131. The molecular formula is C24H32N2O4. The van der Waals surface area contributed by atoms with Gasteiger partial charge in [-0.25, -0.2) is 0 Å². The number of carbonyl (C=O) groups excluding carboxylic acids is 1. The summed E-state index contributed by atoms with van der Waals surface area (Å²) in [5, 5.41) is 3.97. The number of hydrogen-bond acceptors (Lipinski definition) is 5. The Morgan fingerprint density at radius 1 is 1.27 bits per heavy atom. The molecule has 1 aromatic heterocycles. The van der Waals surface area contributed by atoms with Gasteiger partial charge in [0, 0.05) is 24.8 Å². The second-order valence-corrected chi connectivity index (χ2v) is 8.56. The van der Waals surface area contributed by atoms with Crippen LogP contribution < -0.4 is 4.74 Å². The molecule has 1 aromatic carbocycles. The average Bonchev–Trinajstić information content (AvgIpc) is 2.95. The van der Waals surface area contributed by atoms with Gasteiger partial charge in [0.05, 0.1) is 24.8 Å². The van der Waals surface area contributed by atoms with E-state index >= 15 is 0 Å². The third kappa shape index (κ3) is 4.38. The maximum Gasteiger partial charge on any atom is 0.227 e. The van der Waals surface area contributed by atoms with Gasteiger partial charge in [-0.15, -0.1) is 0 Å². The summed E-state index contributed by atoms with van der Waals surface area (Å²) in [7, 11) is 1.81. The molecule has 0 saturated heterocycles. The van der Waals surface area contributed by atoms with Crippen molar-refractivity contribution in [3.63, 3.8) is 0 Å². The van der Waals surface area contributed by atoms with E-state index in [2.05, 4.69) is 17.3 Å². The molecule has 2 aliphatic rings. The first kappa shape index (κ1) is 20.9. The number of aryl methyl sites for hydroxylation is 2. The Bertz CT molecular complexity index is 866. The molecule has 1 fully saturated rings. The first-order valence-electron chi connectivity index (χ1n) is 11.0. The lowest BCUT2D eigenvalue weighted by Crippen LogP contribution is -2.33. The van der Waals surface area contributed by atoms with E-state index in [0.29, 0.717) is 37.8 Å². The fraction of sp³-hybridized carbons (Fsp3) is 0.583. The van der Waals surface area contributed by atoms with E-state index in [9.17, 15) is 4.79 Å². The number of methoxy groups -OCH3 is 1. The number of rotatable bonds is 5. The lowest BCUT2D eigenvalue weighted by atomic mass is 9.82. The molecule has 1 aliphatic heterocycles. The van der Waals surface area contributed by atoms with E-state index in [-0.39, 0.29) is 12.0 Å². The molecule has 6 nitrogen and oxygen atoms in total. The van der Waals surface area contributed by atoms with E-state index in [1.807, 2.05) is 24.8 Å². The van der Waals surface area contributed by atoms with Gasteiger partial charge in [0.1, 0.15) is 18.1 Å². The Morgan fingerprint density at radius 2 is 2.07 bits per heavy atom. The lowest BCUT2D eigenvalue weighted by Gasteiger charge is -2.30. The summed E-state index contributed by atoms with van der Waals surface area (Å²) < 4.78 is 17.1. The molecule has 1 aliphatic carbocycles. The van der Waals surface area contributed by atoms with Crippen molar-refractivity contribution in [3.8, 4) is 5.75 Å². The van der Waals surface area contributed by atoms with Gasteiger partial charge >= 0.3 is 0 Å². The number of benzene rings is 1. The molecule has 30 heavy (non-hydrogen) atoms. The molecule has 1 atom stereocenters. The first-order chi connectivity index (χ1) is 14.6. The van der Waals surface area contributed by atoms with E-state index in [1.54, 1.807) is 7.11 Å². The van der Waals surface area contributed by atoms with Crippen LogP contribution in [0.2, 0.25) is 0 Å². The molecule has 0 N–H and O–H groups in total. The van der Waals surface area contributed by atoms with Crippen LogP contribution in [-0.2, 0) is 22.5 Å². The summed E-state index contributed by atoms with van der Waals surface area (Å²) in [5.74, 6) is 2.21. The monoisotopic (exact) mass is 412 g/mol. The van der Waals surface area contributed by atoms with Crippen molar-refractivity contribution in [3.05, 3.63) is 46.3 Å². The number of amides is 1. The number of carbonyl (C=O) groups is 1. The highest BCUT2D eigenvalue weighted by Crippen LogP contribution is 2.38. The molecule has 1 unspecified atom stereocenters. The van der Waals surface area contributed by atoms with E-state index in [0.717, 1.165) is 22.6 Å². The standard InChI is InChI=1S/C24H32N2O4/c1-16-21(17(2)30-25-16)14-23(27)26-11-12-29-22-10-9-19(13-20(22)15-26)24(28-3)18-7-5-4-6-8-18/h9-10,13,18,24H,4-8,11-12,14-15H2,1-3H3. The number of aromatic nitrogens is 1. The zero-order chi connectivity index (χ0) is 21.1. The normalized spacial score (nSPS) is 18.4. The number of ether oxygens (including phenoxy) is 2. The molecular weight excluding hydrogens is 380 g/mol. The molecule has 162 valence electrons. The van der Waals surface area contributed by atoms with Crippen molar-refractivity contribution in [2.45, 2.75) is 65.0 Å². The highest BCUT2D eigenvalue weighted by Gasteiger charge is 2.27. The van der Waals surface area contributed by atoms with Crippen LogP contribution in [0.15, 0.2) is 22.7 Å². The van der Waals surface area contributed by atoms with Gasteiger partial charge < -0.3 is 18.9 Å². The van der Waals surface area contributed by atoms with E-state index in [4.69, 9.17) is 14.0 Å². The van der Waals surface area contributed by atoms with Crippen LogP contribution in [0.1, 0.15) is 66.4 Å². The zero-order valence-electron chi connectivity index (χ0n) is 18.3. The van der Waals surface area contributed by atoms with Gasteiger partial charge in [-0.3, -0.25) is 4.79 Å². The van der Waals surface area contributed by atoms with E-state index in [1.165, 1.54) is 37.7 Å². The summed E-state index contributed by atoms with van der Waals surface area (Å²) in [4.78, 5) is 14.9. The SMILES string of the molecule is COC(c1ccc2c(c1)CN(C(=O)Cc1c(C)noc1C)CCO2)C1CCCCC1. The molecule has 2 heterocycles. The third-order valence-electron chi connectivity index (χ3n) is 6.59. The van der Waals surface area contributed by atoms with Gasteiger partial charge in [-0.2, -0.15) is 0 Å². The third-order valence-corrected chi connectivity index (χ3v) is 6.59. The average molecular weight is 413 g/mol. The zero-order valence-corrected chi connectivity index (χ0v) is 18.3. The van der Waals surface area contributed by atoms with Crippen LogP contribution >= 0.6 is 0 Å². The van der Waals surface area contributed by atoms with Crippen LogP contribution in [0.5, 0.6) is 5.75 Å². The molecule has 0 spiro atoms. The number of nitrogens with zero attached hydrogens (tertiary/aromatic N) is 2. The number of hydrogen-bond donors (Lipinski definition) is 0. The van der Waals surface area contributed by atoms with Gasteiger partial charge in [0.15, 0.2) is 0 Å². The highest BCUT2D eigenvalue weighted by molar-refractivity contribution is 5.79. The number of fused-ring (bicyclic) bond motifs is 1. The summed E-state index contributed by atoms with van der Waals surface area (Å²) in [6, 6.07) is 6.35. The predicted molar refractivity (Wildman–Crippen MR) is 113 cm³/mol. The summed E-state index contributed by atoms with van der Waals surface area (Å²) in [5.41, 5.74) is 3.91. The molecule has 0 radical (unpaired) electrons. The minimum absolute atomic E-state index is 0.0711. The van der Waals surface area contributed by atoms with Crippen LogP contribution in [0, 0.1) is 19.8 Å². The van der Waals surface area contributed by atoms with Crippen LogP contribution in [-0.4, -0.2) is 36.2 Å². The van der Waals surface area contributed by atoms with Crippen molar-refractivity contribution < 1.29 is 18.8 Å². The Morgan fingerprint density at radius 3 is 2.77 bits per heavy atom. The summed E-state index contributed by atoms with van der Waals surface area (Å²) in [6.07, 6.45) is 6.73. The van der Waals surface area contributed by atoms with Gasteiger partial charge in [0.2, 0.25) is 5.91 Å². The minimum Gasteiger partial charge on any atom is -0.491 e. The maximum atomic E-state index is 13.0. The van der Waals surface area contributed by atoms with Crippen molar-refractivity contribution in [1.29, 1.82) is 0 Å². The highest BCUT2D eigenvalue weighted by atomic mass is 16.5. The molecule has 1 saturated carbocycles. The minimum atomic E-state index is 0.0711. The fourth-order valence-corrected chi connectivity index (χ4v) is 4.86. The molecule has 0 bridgehead atoms. The van der Waals surface area contributed by atoms with Crippen molar-refractivity contribution in [2.24, 2.45) is 5.92 Å². The van der Waals surface area contributed by atoms with Crippen molar-refractivity contribution in [2.75, 3.05) is 20.3 Å². The second kappa shape index (κ2) is 9.21. The smallest absolute Gasteiger partial charge is 0.227 e. The largest absolute Gasteiger partial charge is 0.491 e. The quantitative estimate of drug-likeness (QED) is 0.722. The Hall–Kier alpha value is -2.34. The summed E-state index contributed by atoms with van der Waals surface area (Å²) in [6.45, 7) is 5.35. The summed E-state index contributed by atoms with van der Waals surface area (Å²) >= 11 is 0. The second-order valence-electron chi connectivity index (χ2n) is 8.56. The van der Waals surface area contributed by atoms with Crippen LogP contribution in [0.25, 0.3) is 0 Å².